The van der Waals surface area contributed by atoms with Crippen LogP contribution < -0.4 is 14.4 Å². The molecule has 2 N–H and O–H groups in total. The third-order valence-electron chi connectivity index (χ3n) is 9.70. The van der Waals surface area contributed by atoms with Crippen LogP contribution >= 0.6 is 11.6 Å². The number of anilines is 1. The van der Waals surface area contributed by atoms with Gasteiger partial charge in [0.15, 0.2) is 5.60 Å². The van der Waals surface area contributed by atoms with Gasteiger partial charge in [-0.15, -0.1) is 0 Å². The summed E-state index contributed by atoms with van der Waals surface area (Å²) in [5.41, 5.74) is 1.65. The van der Waals surface area contributed by atoms with Gasteiger partial charge in [0.25, 0.3) is 5.91 Å². The number of carbonyl (C=O) groups excluding carboxylic acids is 1. The second kappa shape index (κ2) is 10.8. The SMILES string of the molecule is N#C[C@@]1(O)CCCCCS(=O)(=O)NC(=O)c2ccc3c(c2)N(C[C@@H]2CC[C@H]21)C[C@@]1(CCCc2cc(Cl)ccc21)CO3. The lowest BCUT2D eigenvalue weighted by Gasteiger charge is -2.47. The number of hydrogen-bond acceptors (Lipinski definition) is 7. The highest BCUT2D eigenvalue weighted by Gasteiger charge is 2.49. The molecular formula is C31H36ClN3O5S. The van der Waals surface area contributed by atoms with Gasteiger partial charge in [-0.25, -0.2) is 13.1 Å². The molecule has 41 heavy (non-hydrogen) atoms. The van der Waals surface area contributed by atoms with Crippen LogP contribution in [0.25, 0.3) is 0 Å². The molecule has 0 radical (unpaired) electrons. The summed E-state index contributed by atoms with van der Waals surface area (Å²) in [6.07, 6.45) is 6.28. The fourth-order valence-corrected chi connectivity index (χ4v) is 8.67. The number of aliphatic hydroxyl groups is 1. The third kappa shape index (κ3) is 5.42. The molecule has 0 aromatic heterocycles. The Morgan fingerprint density at radius 2 is 1.95 bits per heavy atom. The monoisotopic (exact) mass is 597 g/mol. The lowest BCUT2D eigenvalue weighted by molar-refractivity contribution is -0.0458. The van der Waals surface area contributed by atoms with E-state index in [1.165, 1.54) is 11.1 Å². The predicted octanol–water partition coefficient (Wildman–Crippen LogP) is 4.73. The van der Waals surface area contributed by atoms with Crippen LogP contribution in [0.2, 0.25) is 5.02 Å². The number of amides is 1. The molecule has 2 heterocycles. The van der Waals surface area contributed by atoms with E-state index in [1.54, 1.807) is 18.2 Å². The van der Waals surface area contributed by atoms with Crippen LogP contribution in [0.15, 0.2) is 36.4 Å². The minimum Gasteiger partial charge on any atom is -0.490 e. The normalized spacial score (nSPS) is 31.3. The van der Waals surface area contributed by atoms with Gasteiger partial charge >= 0.3 is 0 Å². The van der Waals surface area contributed by atoms with Crippen molar-refractivity contribution in [3.63, 3.8) is 0 Å². The lowest BCUT2D eigenvalue weighted by atomic mass is 9.63. The number of carbonyl (C=O) groups is 1. The molecule has 1 fully saturated rings. The smallest absolute Gasteiger partial charge is 0.264 e. The summed E-state index contributed by atoms with van der Waals surface area (Å²) in [5, 5.41) is 22.2. The summed E-state index contributed by atoms with van der Waals surface area (Å²) in [4.78, 5) is 15.4. The Morgan fingerprint density at radius 3 is 2.73 bits per heavy atom. The number of sulfonamides is 1. The largest absolute Gasteiger partial charge is 0.490 e. The van der Waals surface area contributed by atoms with E-state index >= 15 is 0 Å². The first-order valence-corrected chi connectivity index (χ1v) is 16.6. The number of aryl methyl sites for hydroxylation is 1. The van der Waals surface area contributed by atoms with Crippen LogP contribution in [0.5, 0.6) is 5.75 Å². The number of halogens is 1. The van der Waals surface area contributed by atoms with Crippen molar-refractivity contribution >= 4 is 33.2 Å². The van der Waals surface area contributed by atoms with Crippen LogP contribution in [0.3, 0.4) is 0 Å². The van der Waals surface area contributed by atoms with E-state index in [-0.39, 0.29) is 28.6 Å². The molecule has 4 atom stereocenters. The fraction of sp³-hybridized carbons (Fsp3) is 0.548. The molecule has 1 amide bonds. The summed E-state index contributed by atoms with van der Waals surface area (Å²) in [6.45, 7) is 1.69. The number of nitrogens with zero attached hydrogens (tertiary/aromatic N) is 2. The first-order valence-electron chi connectivity index (χ1n) is 14.6. The summed E-state index contributed by atoms with van der Waals surface area (Å²) >= 11 is 6.37. The standard InChI is InChI=1S/C31H36ClN3O5S/c32-24-8-10-25-21(15-24)5-4-12-30(25)19-35-17-23-6-9-26(23)31(37,18-33)13-2-1-3-14-41(38,39)34-29(36)22-7-11-28(40-20-30)27(35)16-22/h7-8,10-11,15-16,23,26,37H,1-6,9,12-14,17,19-20H2,(H,34,36)/t23-,26+,30-,31-/m0/s1. The highest BCUT2D eigenvalue weighted by molar-refractivity contribution is 7.90. The molecule has 6 rings (SSSR count). The van der Waals surface area contributed by atoms with E-state index in [0.717, 1.165) is 37.8 Å². The van der Waals surface area contributed by atoms with Crippen molar-refractivity contribution in [3.8, 4) is 11.8 Å². The van der Waals surface area contributed by atoms with Gasteiger partial charge in [0.2, 0.25) is 10.0 Å². The molecular weight excluding hydrogens is 562 g/mol. The average Bonchev–Trinajstić information content (AvgIpc) is 3.07. The second-order valence-electron chi connectivity index (χ2n) is 12.3. The van der Waals surface area contributed by atoms with Crippen LogP contribution in [0.4, 0.5) is 5.69 Å². The highest BCUT2D eigenvalue weighted by atomic mass is 35.5. The maximum absolute atomic E-state index is 13.1. The minimum absolute atomic E-state index is 0.0988. The number of fused-ring (bicyclic) bond motifs is 4. The number of benzene rings is 2. The van der Waals surface area contributed by atoms with Crippen LogP contribution in [-0.4, -0.2) is 50.5 Å². The summed E-state index contributed by atoms with van der Waals surface area (Å²) in [6, 6.07) is 13.4. The van der Waals surface area contributed by atoms with E-state index in [2.05, 4.69) is 21.8 Å². The molecule has 1 spiro atoms. The van der Waals surface area contributed by atoms with E-state index < -0.39 is 21.5 Å². The van der Waals surface area contributed by atoms with Crippen LogP contribution in [0, 0.1) is 23.2 Å². The van der Waals surface area contributed by atoms with Crippen molar-refractivity contribution in [2.24, 2.45) is 11.8 Å². The van der Waals surface area contributed by atoms with Gasteiger partial charge in [0, 0.05) is 35.0 Å². The predicted molar refractivity (Wildman–Crippen MR) is 157 cm³/mol. The molecule has 4 aliphatic rings. The first-order chi connectivity index (χ1) is 19.6. The Morgan fingerprint density at radius 1 is 1.10 bits per heavy atom. The Labute approximate surface area is 246 Å². The topological polar surface area (TPSA) is 120 Å². The molecule has 8 nitrogen and oxygen atoms in total. The van der Waals surface area contributed by atoms with E-state index in [0.29, 0.717) is 56.2 Å². The zero-order chi connectivity index (χ0) is 28.8. The molecule has 2 aliphatic carbocycles. The number of hydrogen-bond donors (Lipinski definition) is 2. The van der Waals surface area contributed by atoms with Crippen molar-refractivity contribution in [3.05, 3.63) is 58.1 Å². The Kier molecular flexibility index (Phi) is 7.46. The van der Waals surface area contributed by atoms with E-state index in [1.807, 2.05) is 12.1 Å². The van der Waals surface area contributed by atoms with Crippen molar-refractivity contribution < 1.29 is 23.1 Å². The van der Waals surface area contributed by atoms with Gasteiger partial charge in [-0.2, -0.15) is 5.26 Å². The number of rotatable bonds is 0. The summed E-state index contributed by atoms with van der Waals surface area (Å²) in [5.74, 6) is -0.285. The van der Waals surface area contributed by atoms with E-state index in [4.69, 9.17) is 16.3 Å². The van der Waals surface area contributed by atoms with Gasteiger partial charge in [0.1, 0.15) is 5.75 Å². The maximum atomic E-state index is 13.1. The Bertz CT molecular complexity index is 1510. The van der Waals surface area contributed by atoms with Gasteiger partial charge in [-0.3, -0.25) is 4.79 Å². The van der Waals surface area contributed by atoms with Gasteiger partial charge in [-0.1, -0.05) is 24.1 Å². The van der Waals surface area contributed by atoms with Crippen LogP contribution in [0.1, 0.15) is 72.9 Å². The quantitative estimate of drug-likeness (QED) is 0.421. The number of nitrogens with one attached hydrogen (secondary N) is 1. The minimum atomic E-state index is -3.83. The first kappa shape index (κ1) is 28.3. The summed E-state index contributed by atoms with van der Waals surface area (Å²) in [7, 11) is -3.83. The zero-order valence-corrected chi connectivity index (χ0v) is 24.6. The third-order valence-corrected chi connectivity index (χ3v) is 11.3. The Balaban J connectivity index is 1.43. The maximum Gasteiger partial charge on any atom is 0.264 e. The van der Waals surface area contributed by atoms with Crippen molar-refractivity contribution in [1.29, 1.82) is 5.26 Å². The molecule has 2 bridgehead atoms. The van der Waals surface area contributed by atoms with E-state index in [9.17, 15) is 23.6 Å². The molecule has 1 saturated carbocycles. The molecule has 0 saturated heterocycles. The molecule has 2 aromatic rings. The lowest BCUT2D eigenvalue weighted by Crippen LogP contribution is -2.52. The Hall–Kier alpha value is -2.80. The van der Waals surface area contributed by atoms with Crippen molar-refractivity contribution in [2.45, 2.75) is 68.8 Å². The molecule has 218 valence electrons. The molecule has 2 aromatic carbocycles. The fourth-order valence-electron chi connectivity index (χ4n) is 7.39. The molecule has 2 aliphatic heterocycles. The summed E-state index contributed by atoms with van der Waals surface area (Å²) < 4.78 is 34.1. The molecule has 0 unspecified atom stereocenters. The number of nitriles is 1. The van der Waals surface area contributed by atoms with Gasteiger partial charge in [-0.05, 0) is 98.7 Å². The number of ether oxygens (including phenoxy) is 1. The van der Waals surface area contributed by atoms with Crippen molar-refractivity contribution in [2.75, 3.05) is 30.3 Å². The van der Waals surface area contributed by atoms with Gasteiger partial charge < -0.3 is 14.7 Å². The zero-order valence-electron chi connectivity index (χ0n) is 23.1. The van der Waals surface area contributed by atoms with Gasteiger partial charge in [0.05, 0.1) is 24.1 Å². The van der Waals surface area contributed by atoms with Crippen molar-refractivity contribution in [1.82, 2.24) is 4.72 Å². The second-order valence-corrected chi connectivity index (χ2v) is 14.6. The highest BCUT2D eigenvalue weighted by Crippen LogP contribution is 2.48. The molecule has 10 heteroatoms. The van der Waals surface area contributed by atoms with Crippen LogP contribution in [-0.2, 0) is 21.9 Å². The average molecular weight is 598 g/mol.